The summed E-state index contributed by atoms with van der Waals surface area (Å²) in [6.45, 7) is 5.50. The summed E-state index contributed by atoms with van der Waals surface area (Å²) >= 11 is 6.07. The number of aromatic carboxylic acids is 1. The van der Waals surface area contributed by atoms with Gasteiger partial charge in [-0.05, 0) is 31.9 Å². The van der Waals surface area contributed by atoms with Crippen LogP contribution in [0.1, 0.15) is 36.5 Å². The number of piperidine rings is 1. The van der Waals surface area contributed by atoms with E-state index >= 15 is 0 Å². The van der Waals surface area contributed by atoms with Gasteiger partial charge in [0.15, 0.2) is 0 Å². The first-order valence-electron chi connectivity index (χ1n) is 6.98. The van der Waals surface area contributed by atoms with Crippen molar-refractivity contribution in [2.45, 2.75) is 32.2 Å². The van der Waals surface area contributed by atoms with Crippen molar-refractivity contribution in [2.75, 3.05) is 25.0 Å². The van der Waals surface area contributed by atoms with Gasteiger partial charge in [0.2, 0.25) is 0 Å². The van der Waals surface area contributed by atoms with E-state index in [4.69, 9.17) is 16.7 Å². The van der Waals surface area contributed by atoms with E-state index in [0.717, 1.165) is 32.5 Å². The van der Waals surface area contributed by atoms with Gasteiger partial charge in [-0.15, -0.1) is 0 Å². The third kappa shape index (κ3) is 3.84. The molecule has 0 bridgehead atoms. The van der Waals surface area contributed by atoms with Gasteiger partial charge in [0.25, 0.3) is 0 Å². The first-order valence-corrected chi connectivity index (χ1v) is 7.35. The predicted molar refractivity (Wildman–Crippen MR) is 79.6 cm³/mol. The molecule has 0 spiro atoms. The van der Waals surface area contributed by atoms with E-state index < -0.39 is 5.97 Å². The van der Waals surface area contributed by atoms with Gasteiger partial charge >= 0.3 is 5.97 Å². The third-order valence-electron chi connectivity index (χ3n) is 3.56. The summed E-state index contributed by atoms with van der Waals surface area (Å²) in [5.74, 6) is -0.440. The zero-order valence-corrected chi connectivity index (χ0v) is 12.4. The van der Waals surface area contributed by atoms with Gasteiger partial charge in [-0.25, -0.2) is 9.78 Å². The Balaban J connectivity index is 1.93. The number of pyridine rings is 1. The van der Waals surface area contributed by atoms with E-state index in [1.54, 1.807) is 0 Å². The fourth-order valence-electron chi connectivity index (χ4n) is 2.47. The van der Waals surface area contributed by atoms with Crippen LogP contribution in [-0.2, 0) is 0 Å². The highest BCUT2D eigenvalue weighted by atomic mass is 35.5. The van der Waals surface area contributed by atoms with Crippen molar-refractivity contribution in [3.63, 3.8) is 0 Å². The molecule has 0 saturated carbocycles. The van der Waals surface area contributed by atoms with E-state index in [1.165, 1.54) is 18.7 Å². The van der Waals surface area contributed by atoms with Gasteiger partial charge < -0.3 is 15.3 Å². The van der Waals surface area contributed by atoms with Gasteiger partial charge in [0, 0.05) is 25.3 Å². The largest absolute Gasteiger partial charge is 0.478 e. The molecule has 1 aliphatic heterocycles. The Morgan fingerprint density at radius 3 is 2.80 bits per heavy atom. The molecule has 5 nitrogen and oxygen atoms in total. The van der Waals surface area contributed by atoms with E-state index in [9.17, 15) is 4.79 Å². The highest BCUT2D eigenvalue weighted by Crippen LogP contribution is 2.23. The molecule has 20 heavy (non-hydrogen) atoms. The molecule has 0 radical (unpaired) electrons. The minimum atomic E-state index is -1.01. The molecule has 1 saturated heterocycles. The molecule has 1 aliphatic rings. The van der Waals surface area contributed by atoms with Crippen LogP contribution < -0.4 is 5.32 Å². The number of aromatic nitrogens is 1. The first-order chi connectivity index (χ1) is 9.60. The number of carboxylic acids is 1. The number of anilines is 1. The number of carboxylic acid groups (broad SMARTS) is 1. The second-order valence-corrected chi connectivity index (χ2v) is 5.53. The maximum absolute atomic E-state index is 10.8. The molecule has 2 rings (SSSR count). The van der Waals surface area contributed by atoms with E-state index in [0.29, 0.717) is 16.9 Å². The molecule has 2 N–H and O–H groups in total. The van der Waals surface area contributed by atoms with Crippen molar-refractivity contribution in [3.8, 4) is 0 Å². The Bertz CT molecular complexity index is 473. The van der Waals surface area contributed by atoms with Crippen molar-refractivity contribution in [1.29, 1.82) is 0 Å². The SMILES string of the molecule is CCCN1CCC(Nc2ncc(C(=O)O)cc2Cl)CC1. The van der Waals surface area contributed by atoms with Crippen molar-refractivity contribution >= 4 is 23.4 Å². The molecule has 0 amide bonds. The van der Waals surface area contributed by atoms with E-state index in [2.05, 4.69) is 22.1 Å². The number of hydrogen-bond donors (Lipinski definition) is 2. The monoisotopic (exact) mass is 297 g/mol. The average molecular weight is 298 g/mol. The van der Waals surface area contributed by atoms with Crippen LogP contribution in [0.2, 0.25) is 5.02 Å². The number of nitrogens with one attached hydrogen (secondary N) is 1. The molecule has 0 unspecified atom stereocenters. The van der Waals surface area contributed by atoms with Gasteiger partial charge in [-0.3, -0.25) is 0 Å². The summed E-state index contributed by atoms with van der Waals surface area (Å²) in [6, 6.07) is 1.79. The lowest BCUT2D eigenvalue weighted by Crippen LogP contribution is -2.39. The number of likely N-dealkylation sites (tertiary alicyclic amines) is 1. The maximum atomic E-state index is 10.8. The maximum Gasteiger partial charge on any atom is 0.337 e. The standard InChI is InChI=1S/C14H20ClN3O2/c1-2-5-18-6-3-11(4-7-18)17-13-12(15)8-10(9-16-13)14(19)20/h8-9,11H,2-7H2,1H3,(H,16,17)(H,19,20). The lowest BCUT2D eigenvalue weighted by Gasteiger charge is -2.32. The first kappa shape index (κ1) is 15.1. The number of hydrogen-bond acceptors (Lipinski definition) is 4. The Morgan fingerprint density at radius 1 is 1.55 bits per heavy atom. The zero-order chi connectivity index (χ0) is 14.5. The Hall–Kier alpha value is -1.33. The van der Waals surface area contributed by atoms with Crippen LogP contribution in [0, 0.1) is 0 Å². The normalized spacial score (nSPS) is 17.1. The summed E-state index contributed by atoms with van der Waals surface area (Å²) in [5.41, 5.74) is 0.110. The zero-order valence-electron chi connectivity index (χ0n) is 11.6. The molecule has 0 aromatic carbocycles. The lowest BCUT2D eigenvalue weighted by molar-refractivity contribution is 0.0696. The Kier molecular flexibility index (Phi) is 5.20. The molecule has 1 fully saturated rings. The molecule has 0 aliphatic carbocycles. The molecule has 2 heterocycles. The van der Waals surface area contributed by atoms with Crippen LogP contribution in [0.15, 0.2) is 12.3 Å². The summed E-state index contributed by atoms with van der Waals surface area (Å²) in [6.07, 6.45) is 4.63. The van der Waals surface area contributed by atoms with E-state index in [-0.39, 0.29) is 5.56 Å². The van der Waals surface area contributed by atoms with Gasteiger partial charge in [-0.2, -0.15) is 0 Å². The summed E-state index contributed by atoms with van der Waals surface area (Å²) in [7, 11) is 0. The number of nitrogens with zero attached hydrogens (tertiary/aromatic N) is 2. The summed E-state index contributed by atoms with van der Waals surface area (Å²) < 4.78 is 0. The fourth-order valence-corrected chi connectivity index (χ4v) is 2.69. The smallest absolute Gasteiger partial charge is 0.337 e. The molecule has 0 atom stereocenters. The number of halogens is 1. The van der Waals surface area contributed by atoms with Crippen molar-refractivity contribution in [1.82, 2.24) is 9.88 Å². The Morgan fingerprint density at radius 2 is 2.25 bits per heavy atom. The van der Waals surface area contributed by atoms with Gasteiger partial charge in [0.05, 0.1) is 10.6 Å². The van der Waals surface area contributed by atoms with Crippen molar-refractivity contribution in [3.05, 3.63) is 22.8 Å². The molecular formula is C14H20ClN3O2. The molecule has 1 aromatic rings. The topological polar surface area (TPSA) is 65.5 Å². The molecule has 110 valence electrons. The molecule has 1 aromatic heterocycles. The Labute approximate surface area is 123 Å². The van der Waals surface area contributed by atoms with Crippen molar-refractivity contribution < 1.29 is 9.90 Å². The summed E-state index contributed by atoms with van der Waals surface area (Å²) in [5, 5.41) is 12.6. The second kappa shape index (κ2) is 6.90. The van der Waals surface area contributed by atoms with Crippen LogP contribution in [0.5, 0.6) is 0 Å². The minimum absolute atomic E-state index is 0.110. The van der Waals surface area contributed by atoms with Gasteiger partial charge in [0.1, 0.15) is 5.82 Å². The second-order valence-electron chi connectivity index (χ2n) is 5.12. The van der Waals surface area contributed by atoms with Crippen molar-refractivity contribution in [2.24, 2.45) is 0 Å². The molecule has 6 heteroatoms. The van der Waals surface area contributed by atoms with Crippen LogP contribution in [0.3, 0.4) is 0 Å². The number of rotatable bonds is 5. The predicted octanol–water partition coefficient (Wildman–Crippen LogP) is 2.72. The fraction of sp³-hybridized carbons (Fsp3) is 0.571. The number of carbonyl (C=O) groups is 1. The average Bonchev–Trinajstić information content (AvgIpc) is 2.43. The van der Waals surface area contributed by atoms with Gasteiger partial charge in [-0.1, -0.05) is 18.5 Å². The van der Waals surface area contributed by atoms with Crippen LogP contribution in [0.4, 0.5) is 5.82 Å². The van der Waals surface area contributed by atoms with Crippen LogP contribution in [-0.4, -0.2) is 46.6 Å². The molecular weight excluding hydrogens is 278 g/mol. The highest BCUT2D eigenvalue weighted by Gasteiger charge is 2.19. The highest BCUT2D eigenvalue weighted by molar-refractivity contribution is 6.33. The third-order valence-corrected chi connectivity index (χ3v) is 3.84. The minimum Gasteiger partial charge on any atom is -0.478 e. The quantitative estimate of drug-likeness (QED) is 0.875. The summed E-state index contributed by atoms with van der Waals surface area (Å²) in [4.78, 5) is 17.4. The van der Waals surface area contributed by atoms with Crippen LogP contribution >= 0.6 is 11.6 Å². The van der Waals surface area contributed by atoms with E-state index in [1.807, 2.05) is 0 Å². The van der Waals surface area contributed by atoms with Crippen LogP contribution in [0.25, 0.3) is 0 Å². The lowest BCUT2D eigenvalue weighted by atomic mass is 10.0.